The van der Waals surface area contributed by atoms with Crippen LogP contribution in [0.1, 0.15) is 312 Å². The van der Waals surface area contributed by atoms with Gasteiger partial charge in [0.1, 0.15) is 0 Å². The molecule has 4 atom stereocenters. The number of aromatic amines is 1. The second kappa shape index (κ2) is 51.9. The molecule has 0 aromatic carbocycles. The van der Waals surface area contributed by atoms with Gasteiger partial charge in [0.2, 0.25) is 11.4 Å². The molecule has 29 nitrogen and oxygen atoms in total. The summed E-state index contributed by atoms with van der Waals surface area (Å²) in [5, 5.41) is 36.8. The molecule has 8 aliphatic carbocycles. The minimum absolute atomic E-state index is 0.00234. The van der Waals surface area contributed by atoms with E-state index in [2.05, 4.69) is 58.5 Å². The van der Waals surface area contributed by atoms with Gasteiger partial charge in [-0.15, -0.1) is 0 Å². The molecule has 0 radical (unpaired) electrons. The van der Waals surface area contributed by atoms with Gasteiger partial charge in [0.05, 0.1) is 99.1 Å². The molecule has 12 aromatic heterocycles. The average Bonchev–Trinajstić information content (AvgIpc) is 1.68. The van der Waals surface area contributed by atoms with Crippen LogP contribution in [0.5, 0.6) is 5.88 Å². The Hall–Kier alpha value is -12.9. The fourth-order valence-electron chi connectivity index (χ4n) is 19.4. The van der Waals surface area contributed by atoms with E-state index in [0.717, 1.165) is 210 Å². The lowest BCUT2D eigenvalue weighted by Crippen LogP contribution is -2.23. The monoisotopic (exact) mass is 1940 g/mol. The smallest absolute Gasteiger partial charge is 0.308 e. The maximum absolute atomic E-state index is 12.4. The van der Waals surface area contributed by atoms with Crippen LogP contribution in [-0.4, -0.2) is 145 Å². The minimum Gasteiger partial charge on any atom is -0.481 e. The van der Waals surface area contributed by atoms with E-state index >= 15 is 0 Å². The van der Waals surface area contributed by atoms with E-state index in [-0.39, 0.29) is 78.4 Å². The van der Waals surface area contributed by atoms with E-state index in [9.17, 15) is 38.7 Å². The van der Waals surface area contributed by atoms with Gasteiger partial charge < -0.3 is 43.3 Å². The Morgan fingerprint density at radius 1 is 0.371 bits per heavy atom. The molecule has 0 amide bonds. The number of hydrogen-bond acceptors (Lipinski definition) is 21. The normalized spacial score (nSPS) is 15.8. The molecule has 756 valence electrons. The number of aliphatic carboxylic acids is 1. The van der Waals surface area contributed by atoms with E-state index < -0.39 is 12.0 Å². The minimum atomic E-state index is -0.888. The lowest BCUT2D eigenvalue weighted by molar-refractivity contribution is -0.144. The van der Waals surface area contributed by atoms with Gasteiger partial charge in [-0.1, -0.05) is 24.3 Å². The number of hydrogen-bond donors (Lipinski definition) is 3. The highest BCUT2D eigenvalue weighted by Gasteiger charge is 2.31. The van der Waals surface area contributed by atoms with Crippen molar-refractivity contribution in [1.82, 2.24) is 78.2 Å². The number of aliphatic hydroxyl groups is 1. The zero-order chi connectivity index (χ0) is 99.2. The molecule has 0 bridgehead atoms. The summed E-state index contributed by atoms with van der Waals surface area (Å²) in [6, 6.07) is 38.1. The number of ether oxygens (including phenoxy) is 4. The molecule has 0 aliphatic heterocycles. The Balaban J connectivity index is 0.000000135. The first-order chi connectivity index (χ1) is 69.9. The predicted octanol–water partition coefficient (Wildman–Crippen LogP) is 17.4. The zero-order valence-electron chi connectivity index (χ0n) is 83.6. The number of fused-ring (bicyclic) bond motifs is 4. The van der Waals surface area contributed by atoms with Crippen molar-refractivity contribution >= 4 is 23.9 Å². The number of carboxylic acid groups (broad SMARTS) is 1. The van der Waals surface area contributed by atoms with E-state index in [0.29, 0.717) is 62.5 Å². The molecule has 12 heterocycles. The summed E-state index contributed by atoms with van der Waals surface area (Å²) >= 11 is 0. The molecular weight excluding hydrogens is 1800 g/mol. The SMILES string of the molecule is CCOC(=O)C[C@@H](c1ccc(=O)[nH]c1)n1ccc(CCCc2ccc3c(n2)CCCC3)n1.CCOC(=O)C[C@@H](c1ccc(=O)n(CC2CC2)c1)n1ccc(CCCc2ccc3c(n2)CCCC3)n1.CCOC(=O)C[C@@H](c1ccc(OCC2CC2)nc1)n1ccc(CCCc2ccc3c(n2)CCCC3)n1.O=C(O)C[C@@H](c1ccc(=O)n(CC2CC2)c1)n1ccc(CCCc2ccc3c(n2)CCCC3)n1.OCC1CC1. The standard InChI is InChI=1S/2C29H36N4O3.C27H32N4O3.C25H30N4O3.C4H8O/c1-2-35-29(34)18-27(23-13-15-28(30-19-23)36-20-21-10-11-21)33-17-16-25(32-33)8-5-7-24-14-12-22-6-3-4-9-26(22)31-24;1-2-36-29(35)18-27(23-13-15-28(34)32(20-23)19-21-10-11-21)33-17-16-25(31-33)8-5-7-24-14-12-22-6-3-4-9-26(22)30-24;32-26-13-11-21(18-30(26)17-19-8-9-19)25(16-27(33)34)31-15-14-23(29-31)6-3-5-22-12-10-20-4-1-2-7-24(20)28-22;1-2-32-25(31)16-23(19-11-13-24(30)26-17-19)29-15-14-21(28-29)8-5-7-20-12-10-18-6-3-4-9-22(18)27-20;5-3-4-1-2-4/h12-17,19,21,27H,2-11,18,20H2,1H3;12-17,20-21,27H,2-11,18-19H2,1H3;10-15,18-19,25H,1-9,16-17H2,(H,33,34);10-15,17,23H,2-9,16H2,1H3,(H,26,30);4-5H,1-3H2/t2*27-;25-;23-;/m0000./s1. The molecule has 4 saturated carbocycles. The van der Waals surface area contributed by atoms with E-state index in [1.807, 2.05) is 103 Å². The summed E-state index contributed by atoms with van der Waals surface area (Å²) in [4.78, 5) is 111. The van der Waals surface area contributed by atoms with Crippen molar-refractivity contribution in [2.24, 2.45) is 23.7 Å². The Bertz CT molecular complexity index is 6350. The van der Waals surface area contributed by atoms with Crippen LogP contribution in [0.2, 0.25) is 0 Å². The van der Waals surface area contributed by atoms with Gasteiger partial charge in [-0.2, -0.15) is 20.4 Å². The molecule has 4 fully saturated rings. The summed E-state index contributed by atoms with van der Waals surface area (Å²) in [5.41, 5.74) is 22.5. The first kappa shape index (κ1) is 103. The first-order valence-electron chi connectivity index (χ1n) is 52.9. The predicted molar refractivity (Wildman–Crippen MR) is 545 cm³/mol. The van der Waals surface area contributed by atoms with Crippen LogP contribution >= 0.6 is 0 Å². The number of aryl methyl sites for hydroxylation is 16. The summed E-state index contributed by atoms with van der Waals surface area (Å²) < 4.78 is 32.1. The maximum atomic E-state index is 12.4. The zero-order valence-corrected chi connectivity index (χ0v) is 83.6. The van der Waals surface area contributed by atoms with Crippen molar-refractivity contribution in [1.29, 1.82) is 0 Å². The van der Waals surface area contributed by atoms with Crippen LogP contribution in [0.3, 0.4) is 0 Å². The molecule has 0 unspecified atom stereocenters. The molecule has 0 saturated heterocycles. The molecule has 0 spiro atoms. The highest BCUT2D eigenvalue weighted by Crippen LogP contribution is 2.36. The lowest BCUT2D eigenvalue weighted by Gasteiger charge is -2.19. The van der Waals surface area contributed by atoms with Crippen molar-refractivity contribution < 1.29 is 48.3 Å². The van der Waals surface area contributed by atoms with Gasteiger partial charge in [-0.05, 0) is 393 Å². The number of nitrogens with zero attached hydrogens (tertiary/aromatic N) is 15. The van der Waals surface area contributed by atoms with Crippen molar-refractivity contribution in [2.75, 3.05) is 33.0 Å². The highest BCUT2D eigenvalue weighted by molar-refractivity contribution is 5.71. The third-order valence-electron chi connectivity index (χ3n) is 28.2. The molecule has 8 aliphatic rings. The number of nitrogens with one attached hydrogen (secondary N) is 1. The Labute approximate surface area is 837 Å². The van der Waals surface area contributed by atoms with E-state index in [1.54, 1.807) is 62.1 Å². The summed E-state index contributed by atoms with van der Waals surface area (Å²) in [5.74, 6) is 1.44. The third-order valence-corrected chi connectivity index (χ3v) is 28.2. The van der Waals surface area contributed by atoms with Gasteiger partial charge in [0.15, 0.2) is 0 Å². The summed E-state index contributed by atoms with van der Waals surface area (Å²) in [6.07, 6.45) is 54.9. The van der Waals surface area contributed by atoms with Gasteiger partial charge in [0.25, 0.3) is 11.1 Å². The molecular formula is C114H142N16O13. The van der Waals surface area contributed by atoms with Gasteiger partial charge in [0, 0.05) is 139 Å². The van der Waals surface area contributed by atoms with Crippen molar-refractivity contribution in [3.8, 4) is 5.88 Å². The average molecular weight is 1940 g/mol. The van der Waals surface area contributed by atoms with Crippen LogP contribution in [0.15, 0.2) is 185 Å². The van der Waals surface area contributed by atoms with Crippen LogP contribution in [0, 0.1) is 23.7 Å². The van der Waals surface area contributed by atoms with E-state index in [1.165, 1.54) is 153 Å². The molecule has 29 heteroatoms. The molecule has 12 aromatic rings. The quantitative estimate of drug-likeness (QED) is 0.0236. The Kier molecular flexibility index (Phi) is 37.3. The van der Waals surface area contributed by atoms with Gasteiger partial charge in [-0.3, -0.25) is 72.2 Å². The van der Waals surface area contributed by atoms with Gasteiger partial charge >= 0.3 is 23.9 Å². The second-order valence-corrected chi connectivity index (χ2v) is 39.8. The van der Waals surface area contributed by atoms with E-state index in [4.69, 9.17) is 64.4 Å². The van der Waals surface area contributed by atoms with Crippen molar-refractivity contribution in [3.63, 3.8) is 0 Å². The van der Waals surface area contributed by atoms with Gasteiger partial charge in [-0.25, -0.2) is 4.98 Å². The first-order valence-corrected chi connectivity index (χ1v) is 52.9. The second-order valence-electron chi connectivity index (χ2n) is 39.8. The number of aromatic nitrogens is 16. The molecule has 20 rings (SSSR count). The largest absolute Gasteiger partial charge is 0.481 e. The molecule has 3 N–H and O–H groups in total. The maximum Gasteiger partial charge on any atom is 0.308 e. The summed E-state index contributed by atoms with van der Waals surface area (Å²) in [7, 11) is 0. The highest BCUT2D eigenvalue weighted by atomic mass is 16.5. The topological polar surface area (TPSA) is 358 Å². The third kappa shape index (κ3) is 31.5. The fraction of sp³-hybridized carbons (Fsp3) is 0.509. The number of carboxylic acids is 1. The molecule has 143 heavy (non-hydrogen) atoms. The number of esters is 3. The number of carbonyl (C=O) groups excluding carboxylic acids is 3. The Morgan fingerprint density at radius 3 is 1.01 bits per heavy atom. The number of rotatable bonds is 43. The number of pyridine rings is 8. The van der Waals surface area contributed by atoms with Crippen LogP contribution < -0.4 is 21.4 Å². The van der Waals surface area contributed by atoms with Crippen LogP contribution in [0.25, 0.3) is 0 Å². The van der Waals surface area contributed by atoms with Crippen molar-refractivity contribution in [2.45, 2.75) is 315 Å². The Morgan fingerprint density at radius 2 is 0.699 bits per heavy atom. The number of H-pyrrole nitrogens is 1. The van der Waals surface area contributed by atoms with Crippen LogP contribution in [-0.2, 0) is 149 Å². The lowest BCUT2D eigenvalue weighted by atomic mass is 9.95. The van der Waals surface area contributed by atoms with Crippen LogP contribution in [0.4, 0.5) is 0 Å². The number of aliphatic hydroxyl groups excluding tert-OH is 1. The van der Waals surface area contributed by atoms with Crippen molar-refractivity contribution in [3.05, 3.63) is 315 Å². The number of carbonyl (C=O) groups is 4. The fourth-order valence-corrected chi connectivity index (χ4v) is 19.4. The summed E-state index contributed by atoms with van der Waals surface area (Å²) in [6.45, 7) is 9.03.